The molecule has 0 bridgehead atoms. The summed E-state index contributed by atoms with van der Waals surface area (Å²) in [6.07, 6.45) is 0. The quantitative estimate of drug-likeness (QED) is 0.371. The van der Waals surface area contributed by atoms with Crippen molar-refractivity contribution in [1.29, 1.82) is 0 Å². The van der Waals surface area contributed by atoms with Crippen LogP contribution in [-0.2, 0) is 10.1 Å². The van der Waals surface area contributed by atoms with E-state index < -0.39 is 26.5 Å². The molecule has 0 aliphatic carbocycles. The third-order valence-electron chi connectivity index (χ3n) is 1.45. The van der Waals surface area contributed by atoms with Crippen LogP contribution in [0.3, 0.4) is 0 Å². The molecule has 15 heavy (non-hydrogen) atoms. The normalized spacial score (nSPS) is 10.5. The van der Waals surface area contributed by atoms with E-state index in [4.69, 9.17) is 9.66 Å². The second kappa shape index (κ2) is 6.05. The van der Waals surface area contributed by atoms with Crippen molar-refractivity contribution in [1.82, 2.24) is 0 Å². The molecule has 0 amide bonds. The molecule has 1 aromatic carbocycles. The van der Waals surface area contributed by atoms with Gasteiger partial charge in [-0.1, -0.05) is 0 Å². The number of aromatic carboxylic acids is 1. The van der Waals surface area contributed by atoms with Crippen molar-refractivity contribution in [2.24, 2.45) is 0 Å². The molecule has 0 heterocycles. The van der Waals surface area contributed by atoms with Gasteiger partial charge >= 0.3 is 57.4 Å². The number of carbonyl (C=O) groups is 1. The molecule has 0 radical (unpaired) electrons. The second-order valence-electron chi connectivity index (χ2n) is 2.42. The Morgan fingerprint density at radius 1 is 1.40 bits per heavy atom. The van der Waals surface area contributed by atoms with E-state index >= 15 is 0 Å². The van der Waals surface area contributed by atoms with Crippen LogP contribution in [0.5, 0.6) is 0 Å². The SMILES string of the molecule is O=C(O)c1ccc(I)cc1S(=O)(=O)O.[H-].[K+]. The summed E-state index contributed by atoms with van der Waals surface area (Å²) in [6.45, 7) is 0. The molecule has 0 fully saturated rings. The van der Waals surface area contributed by atoms with E-state index in [0.717, 1.165) is 12.1 Å². The summed E-state index contributed by atoms with van der Waals surface area (Å²) in [5.74, 6) is -1.39. The van der Waals surface area contributed by atoms with Gasteiger partial charge in [-0.15, -0.1) is 0 Å². The third-order valence-corrected chi connectivity index (χ3v) is 3.02. The van der Waals surface area contributed by atoms with E-state index in [-0.39, 0.29) is 52.8 Å². The fourth-order valence-electron chi connectivity index (χ4n) is 0.886. The molecule has 0 saturated heterocycles. The van der Waals surface area contributed by atoms with Gasteiger partial charge in [-0.25, -0.2) is 4.79 Å². The van der Waals surface area contributed by atoms with Crippen LogP contribution in [0, 0.1) is 3.57 Å². The minimum absolute atomic E-state index is 0. The molecule has 78 valence electrons. The summed E-state index contributed by atoms with van der Waals surface area (Å²) < 4.78 is 30.9. The third kappa shape index (κ3) is 4.38. The molecule has 0 unspecified atom stereocenters. The first-order valence-electron chi connectivity index (χ1n) is 3.32. The molecule has 0 aliphatic heterocycles. The van der Waals surface area contributed by atoms with Crippen molar-refractivity contribution in [2.45, 2.75) is 4.90 Å². The fourth-order valence-corrected chi connectivity index (χ4v) is 2.30. The molecule has 1 aromatic rings. The van der Waals surface area contributed by atoms with Crippen LogP contribution in [0.25, 0.3) is 0 Å². The summed E-state index contributed by atoms with van der Waals surface area (Å²) in [7, 11) is -4.49. The van der Waals surface area contributed by atoms with Crippen molar-refractivity contribution < 1.29 is 75.7 Å². The summed E-state index contributed by atoms with van der Waals surface area (Å²) in [5, 5.41) is 8.64. The number of benzene rings is 1. The van der Waals surface area contributed by atoms with E-state index in [0.29, 0.717) is 3.57 Å². The summed E-state index contributed by atoms with van der Waals surface area (Å²) >= 11 is 1.82. The number of hydrogen-bond acceptors (Lipinski definition) is 3. The standard InChI is InChI=1S/C7H5IO5S.K.H/c8-4-1-2-5(7(9)10)6(3-4)14(11,12)13;;/h1-3H,(H,9,10)(H,11,12,13);;/q;+1;-1. The van der Waals surface area contributed by atoms with Crippen LogP contribution in [0.15, 0.2) is 23.1 Å². The Kier molecular flexibility index (Phi) is 6.44. The van der Waals surface area contributed by atoms with Crippen molar-refractivity contribution in [2.75, 3.05) is 0 Å². The van der Waals surface area contributed by atoms with Gasteiger partial charge in [0.15, 0.2) is 0 Å². The minimum atomic E-state index is -4.49. The largest absolute Gasteiger partial charge is 1.00 e. The minimum Gasteiger partial charge on any atom is -1.00 e. The average Bonchev–Trinajstić information content (AvgIpc) is 2.01. The van der Waals surface area contributed by atoms with Crippen LogP contribution < -0.4 is 51.4 Å². The molecule has 8 heteroatoms. The number of carboxylic acid groups (broad SMARTS) is 1. The molecular weight excluding hydrogens is 362 g/mol. The zero-order valence-corrected chi connectivity index (χ0v) is 13.7. The predicted molar refractivity (Wildman–Crippen MR) is 57.0 cm³/mol. The first kappa shape index (κ1) is 16.0. The molecule has 1 rings (SSSR count). The molecule has 2 N–H and O–H groups in total. The number of rotatable bonds is 2. The fraction of sp³-hybridized carbons (Fsp3) is 0. The van der Waals surface area contributed by atoms with Gasteiger partial charge < -0.3 is 6.53 Å². The van der Waals surface area contributed by atoms with Gasteiger partial charge in [0, 0.05) is 3.57 Å². The van der Waals surface area contributed by atoms with Gasteiger partial charge in [0.2, 0.25) is 0 Å². The molecular formula is C7H6IKO5S. The van der Waals surface area contributed by atoms with Crippen LogP contribution >= 0.6 is 22.6 Å². The van der Waals surface area contributed by atoms with Crippen LogP contribution in [0.4, 0.5) is 0 Å². The summed E-state index contributed by atoms with van der Waals surface area (Å²) in [5.41, 5.74) is -0.437. The van der Waals surface area contributed by atoms with Crippen LogP contribution in [0.1, 0.15) is 11.8 Å². The number of halogens is 1. The molecule has 5 nitrogen and oxygen atoms in total. The first-order valence-corrected chi connectivity index (χ1v) is 5.84. The van der Waals surface area contributed by atoms with Crippen LogP contribution in [0.2, 0.25) is 0 Å². The van der Waals surface area contributed by atoms with Gasteiger partial charge in [-0.05, 0) is 40.8 Å². The molecule has 0 aromatic heterocycles. The second-order valence-corrected chi connectivity index (χ2v) is 5.06. The van der Waals surface area contributed by atoms with Crippen molar-refractivity contribution in [3.05, 3.63) is 27.3 Å². The Labute approximate surface area is 144 Å². The van der Waals surface area contributed by atoms with Crippen molar-refractivity contribution >= 4 is 38.7 Å². The van der Waals surface area contributed by atoms with E-state index in [1.165, 1.54) is 6.07 Å². The molecule has 0 atom stereocenters. The molecule has 0 spiro atoms. The number of carboxylic acids is 1. The Morgan fingerprint density at radius 2 is 1.93 bits per heavy atom. The number of hydrogen-bond donors (Lipinski definition) is 2. The zero-order chi connectivity index (χ0) is 10.9. The van der Waals surface area contributed by atoms with E-state index in [9.17, 15) is 13.2 Å². The van der Waals surface area contributed by atoms with E-state index in [2.05, 4.69) is 0 Å². The van der Waals surface area contributed by atoms with Gasteiger partial charge in [0.05, 0.1) is 5.56 Å². The topological polar surface area (TPSA) is 91.7 Å². The maximum absolute atomic E-state index is 10.8. The van der Waals surface area contributed by atoms with Gasteiger partial charge in [0.1, 0.15) is 4.90 Å². The first-order chi connectivity index (χ1) is 6.32. The maximum Gasteiger partial charge on any atom is 1.00 e. The van der Waals surface area contributed by atoms with Gasteiger partial charge in [-0.2, -0.15) is 8.42 Å². The molecule has 0 saturated carbocycles. The van der Waals surface area contributed by atoms with Gasteiger partial charge in [0.25, 0.3) is 10.1 Å². The Balaban J connectivity index is 0. The maximum atomic E-state index is 10.8. The molecule has 0 aliphatic rings. The summed E-state index contributed by atoms with van der Waals surface area (Å²) in [6, 6.07) is 3.67. The van der Waals surface area contributed by atoms with E-state index in [1.807, 2.05) is 22.6 Å². The van der Waals surface area contributed by atoms with Crippen LogP contribution in [-0.4, -0.2) is 24.0 Å². The average molecular weight is 368 g/mol. The summed E-state index contributed by atoms with van der Waals surface area (Å²) in [4.78, 5) is 10.0. The Morgan fingerprint density at radius 3 is 2.33 bits per heavy atom. The van der Waals surface area contributed by atoms with E-state index in [1.54, 1.807) is 0 Å². The van der Waals surface area contributed by atoms with Gasteiger partial charge in [-0.3, -0.25) is 4.55 Å². The Hall–Kier alpha value is 0.966. The van der Waals surface area contributed by atoms with Crippen molar-refractivity contribution in [3.63, 3.8) is 0 Å². The monoisotopic (exact) mass is 368 g/mol. The Bertz CT molecular complexity index is 490. The smallest absolute Gasteiger partial charge is 1.00 e. The van der Waals surface area contributed by atoms with Crippen molar-refractivity contribution in [3.8, 4) is 0 Å². The zero-order valence-electron chi connectivity index (χ0n) is 8.64. The predicted octanol–water partition coefficient (Wildman–Crippen LogP) is -1.65.